The first kappa shape index (κ1) is 31.8. The van der Waals surface area contributed by atoms with Gasteiger partial charge in [0.05, 0.1) is 0 Å². The van der Waals surface area contributed by atoms with Gasteiger partial charge in [0.1, 0.15) is 29.4 Å². The molecule has 0 atom stereocenters. The van der Waals surface area contributed by atoms with E-state index in [2.05, 4.69) is 54.6 Å². The average Bonchev–Trinajstić information content (AvgIpc) is 3.23. The Hall–Kier alpha value is -3.72. The molecule has 0 N–H and O–H groups in total. The van der Waals surface area contributed by atoms with Crippen LogP contribution in [0.5, 0.6) is 0 Å². The molecule has 3 aliphatic rings. The quantitative estimate of drug-likeness (QED) is 0.173. The minimum atomic E-state index is -0.845. The Morgan fingerprint density at radius 3 is 2.24 bits per heavy atom. The fourth-order valence-corrected chi connectivity index (χ4v) is 5.54. The van der Waals surface area contributed by atoms with Crippen LogP contribution in [0.1, 0.15) is 91.4 Å². The van der Waals surface area contributed by atoms with Crippen molar-refractivity contribution in [1.29, 1.82) is 15.8 Å². The summed E-state index contributed by atoms with van der Waals surface area (Å²) in [6.45, 7) is 6.95. The Kier molecular flexibility index (Phi) is 12.3. The van der Waals surface area contributed by atoms with Crippen LogP contribution in [0.2, 0.25) is 0 Å². The summed E-state index contributed by atoms with van der Waals surface area (Å²) in [5, 5.41) is 29.1. The van der Waals surface area contributed by atoms with Crippen LogP contribution in [0.3, 0.4) is 0 Å². The minimum absolute atomic E-state index is 0.0445. The van der Waals surface area contributed by atoms with E-state index in [1.165, 1.54) is 51.4 Å². The maximum absolute atomic E-state index is 9.78. The van der Waals surface area contributed by atoms with E-state index < -0.39 is 5.60 Å². The summed E-state index contributed by atoms with van der Waals surface area (Å²) >= 11 is 6.84. The third-order valence-electron chi connectivity index (χ3n) is 7.64. The number of allylic oxidation sites excluding steroid dienone is 11. The van der Waals surface area contributed by atoms with Gasteiger partial charge < -0.3 is 9.64 Å². The maximum atomic E-state index is 9.78. The Balaban J connectivity index is 1.64. The lowest BCUT2D eigenvalue weighted by atomic mass is 9.91. The van der Waals surface area contributed by atoms with Crippen LogP contribution in [0.15, 0.2) is 93.1 Å². The van der Waals surface area contributed by atoms with Crippen molar-refractivity contribution in [3.05, 3.63) is 93.1 Å². The highest BCUT2D eigenvalue weighted by Gasteiger charge is 2.38. The second-order valence-corrected chi connectivity index (χ2v) is 11.5. The lowest BCUT2D eigenvalue weighted by Crippen LogP contribution is -2.20. The van der Waals surface area contributed by atoms with Crippen molar-refractivity contribution in [1.82, 2.24) is 4.90 Å². The van der Waals surface area contributed by atoms with Gasteiger partial charge in [0, 0.05) is 29.6 Å². The molecule has 6 heteroatoms. The van der Waals surface area contributed by atoms with Crippen molar-refractivity contribution in [3.8, 4) is 18.2 Å². The first-order chi connectivity index (χ1) is 19.8. The highest BCUT2D eigenvalue weighted by molar-refractivity contribution is 6.32. The number of ether oxygens (including phenoxy) is 1. The lowest BCUT2D eigenvalue weighted by Gasteiger charge is -2.21. The van der Waals surface area contributed by atoms with E-state index in [9.17, 15) is 15.8 Å². The molecule has 0 aromatic carbocycles. The SMILES string of the molecule is CCCCCCCCCCN1C=CC(=C/C=C2/CCCC(/C=C/C3=C(C#N)C(=C(C#N)C#N)OC3(C)C)=C2Cl)C=C1. The number of rotatable bonds is 12. The molecule has 0 saturated heterocycles. The van der Waals surface area contributed by atoms with Crippen LogP contribution >= 0.6 is 11.6 Å². The molecular weight excluding hydrogens is 528 g/mol. The van der Waals surface area contributed by atoms with Crippen LogP contribution in [0.25, 0.3) is 0 Å². The molecule has 1 aliphatic carbocycles. The van der Waals surface area contributed by atoms with E-state index in [-0.39, 0.29) is 16.9 Å². The number of halogens is 1. The molecule has 0 saturated carbocycles. The van der Waals surface area contributed by atoms with Gasteiger partial charge in [0.25, 0.3) is 0 Å². The predicted octanol–water partition coefficient (Wildman–Crippen LogP) is 9.49. The molecule has 41 heavy (non-hydrogen) atoms. The van der Waals surface area contributed by atoms with Crippen molar-refractivity contribution in [3.63, 3.8) is 0 Å². The Labute approximate surface area is 251 Å². The summed E-state index contributed by atoms with van der Waals surface area (Å²) < 4.78 is 5.86. The summed E-state index contributed by atoms with van der Waals surface area (Å²) in [6, 6.07) is 5.77. The molecule has 0 unspecified atom stereocenters. The van der Waals surface area contributed by atoms with Gasteiger partial charge in [-0.25, -0.2) is 0 Å². The molecule has 0 amide bonds. The molecule has 0 aromatic rings. The van der Waals surface area contributed by atoms with Gasteiger partial charge in [0.15, 0.2) is 11.3 Å². The summed E-state index contributed by atoms with van der Waals surface area (Å²) in [5.74, 6) is 0.0445. The third kappa shape index (κ3) is 8.88. The fraction of sp³-hybridized carbons (Fsp3) is 0.457. The summed E-state index contributed by atoms with van der Waals surface area (Å²) in [4.78, 5) is 2.26. The van der Waals surface area contributed by atoms with Gasteiger partial charge in [-0.15, -0.1) is 0 Å². The molecule has 214 valence electrons. The molecule has 5 nitrogen and oxygen atoms in total. The molecule has 2 heterocycles. The number of nitriles is 3. The number of hydrogen-bond donors (Lipinski definition) is 0. The zero-order valence-corrected chi connectivity index (χ0v) is 25.4. The van der Waals surface area contributed by atoms with Gasteiger partial charge in [0.2, 0.25) is 0 Å². The molecule has 2 aliphatic heterocycles. The summed E-state index contributed by atoms with van der Waals surface area (Å²) in [5.41, 5.74) is 3.01. The van der Waals surface area contributed by atoms with Gasteiger partial charge >= 0.3 is 0 Å². The first-order valence-corrected chi connectivity index (χ1v) is 15.2. The predicted molar refractivity (Wildman–Crippen MR) is 166 cm³/mol. The van der Waals surface area contributed by atoms with Crippen molar-refractivity contribution < 1.29 is 4.74 Å². The van der Waals surface area contributed by atoms with E-state index in [0.717, 1.165) is 47.6 Å². The largest absolute Gasteiger partial charge is 0.480 e. The second kappa shape index (κ2) is 15.9. The smallest absolute Gasteiger partial charge is 0.172 e. The van der Waals surface area contributed by atoms with E-state index >= 15 is 0 Å². The van der Waals surface area contributed by atoms with Gasteiger partial charge in [-0.2, -0.15) is 15.8 Å². The molecule has 0 aromatic heterocycles. The van der Waals surface area contributed by atoms with Gasteiger partial charge in [-0.3, -0.25) is 0 Å². The molecule has 0 spiro atoms. The zero-order chi connectivity index (χ0) is 29.7. The van der Waals surface area contributed by atoms with Crippen molar-refractivity contribution in [2.75, 3.05) is 6.54 Å². The average molecular weight is 569 g/mol. The highest BCUT2D eigenvalue weighted by Crippen LogP contribution is 2.41. The summed E-state index contributed by atoms with van der Waals surface area (Å²) in [7, 11) is 0. The Morgan fingerprint density at radius 2 is 1.61 bits per heavy atom. The van der Waals surface area contributed by atoms with Crippen LogP contribution in [-0.2, 0) is 4.74 Å². The minimum Gasteiger partial charge on any atom is -0.480 e. The lowest BCUT2D eigenvalue weighted by molar-refractivity contribution is 0.0954. The molecule has 0 bridgehead atoms. The van der Waals surface area contributed by atoms with E-state index in [1.54, 1.807) is 0 Å². The van der Waals surface area contributed by atoms with Crippen LogP contribution in [-0.4, -0.2) is 17.0 Å². The fourth-order valence-electron chi connectivity index (χ4n) is 5.23. The third-order valence-corrected chi connectivity index (χ3v) is 8.12. The van der Waals surface area contributed by atoms with Crippen molar-refractivity contribution >= 4 is 11.6 Å². The van der Waals surface area contributed by atoms with E-state index in [0.29, 0.717) is 5.57 Å². The number of hydrogen-bond acceptors (Lipinski definition) is 5. The van der Waals surface area contributed by atoms with Gasteiger partial charge in [-0.05, 0) is 68.4 Å². The molecule has 3 rings (SSSR count). The number of nitrogens with zero attached hydrogens (tertiary/aromatic N) is 4. The monoisotopic (exact) mass is 568 g/mol. The maximum Gasteiger partial charge on any atom is 0.172 e. The highest BCUT2D eigenvalue weighted by atomic mass is 35.5. The Bertz CT molecular complexity index is 1310. The molecule has 0 radical (unpaired) electrons. The van der Waals surface area contributed by atoms with E-state index in [4.69, 9.17) is 16.3 Å². The van der Waals surface area contributed by atoms with Gasteiger partial charge in [-0.1, -0.05) is 87.8 Å². The number of unbranched alkanes of at least 4 members (excludes halogenated alkanes) is 7. The second-order valence-electron chi connectivity index (χ2n) is 11.2. The normalized spacial score (nSPS) is 19.0. The van der Waals surface area contributed by atoms with Crippen LogP contribution in [0, 0.1) is 34.0 Å². The van der Waals surface area contributed by atoms with Crippen LogP contribution < -0.4 is 0 Å². The molecule has 0 fully saturated rings. The summed E-state index contributed by atoms with van der Waals surface area (Å²) in [6.07, 6.45) is 29.9. The van der Waals surface area contributed by atoms with Crippen LogP contribution in [0.4, 0.5) is 0 Å². The topological polar surface area (TPSA) is 83.8 Å². The molecular formula is C35H41ClN4O. The zero-order valence-electron chi connectivity index (χ0n) is 24.7. The van der Waals surface area contributed by atoms with Crippen molar-refractivity contribution in [2.45, 2.75) is 97.0 Å². The Morgan fingerprint density at radius 1 is 0.951 bits per heavy atom. The standard InChI is InChI=1S/C35H41ClN4O/c1-4-5-6-7-8-9-10-11-21-40-22-19-27(20-23-40)15-16-28-13-12-14-29(33(28)36)17-18-32-31(26-39)34(30(24-37)25-38)41-35(32,2)3/h15-20,22-23H,4-14,21H2,1-3H3/b18-17+,28-16-. The van der Waals surface area contributed by atoms with Crippen molar-refractivity contribution in [2.24, 2.45) is 0 Å². The van der Waals surface area contributed by atoms with E-state index in [1.807, 2.05) is 38.1 Å². The first-order valence-electron chi connectivity index (χ1n) is 14.8.